The lowest BCUT2D eigenvalue weighted by Crippen LogP contribution is -2.25. The van der Waals surface area contributed by atoms with Gasteiger partial charge >= 0.3 is 0 Å². The number of nitrogens with one attached hydrogen (secondary N) is 1. The predicted molar refractivity (Wildman–Crippen MR) is 35.5 cm³/mol. The molecule has 0 aromatic rings. The molecule has 0 saturated heterocycles. The third kappa shape index (κ3) is 1.64. The Hall–Kier alpha value is -0.640. The van der Waals surface area contributed by atoms with Gasteiger partial charge in [0, 0.05) is 19.3 Å². The van der Waals surface area contributed by atoms with Gasteiger partial charge in [0.15, 0.2) is 0 Å². The van der Waals surface area contributed by atoms with Crippen LogP contribution in [0, 0.1) is 0 Å². The van der Waals surface area contributed by atoms with Crippen molar-refractivity contribution < 1.29 is 8.98 Å². The molecule has 1 N–H and O–H groups in total. The number of rotatable bonds is 1. The van der Waals surface area contributed by atoms with Gasteiger partial charge in [-0.2, -0.15) is 0 Å². The SMILES string of the molecule is O=C1CCC=C(OS)N1. The zero-order valence-corrected chi connectivity index (χ0v) is 5.65. The van der Waals surface area contributed by atoms with Crippen molar-refractivity contribution in [1.29, 1.82) is 0 Å². The van der Waals surface area contributed by atoms with Crippen molar-refractivity contribution in [3.63, 3.8) is 0 Å². The molecule has 0 atom stereocenters. The van der Waals surface area contributed by atoms with Crippen molar-refractivity contribution in [2.24, 2.45) is 0 Å². The van der Waals surface area contributed by atoms with Crippen LogP contribution in [0.25, 0.3) is 0 Å². The van der Waals surface area contributed by atoms with Crippen LogP contribution in [0.1, 0.15) is 12.8 Å². The molecule has 0 unspecified atom stereocenters. The Bertz CT molecular complexity index is 155. The Kier molecular flexibility index (Phi) is 2.00. The third-order valence-corrected chi connectivity index (χ3v) is 1.26. The number of allylic oxidation sites excluding steroid dienone is 1. The molecule has 0 aliphatic carbocycles. The summed E-state index contributed by atoms with van der Waals surface area (Å²) in [5, 5.41) is 2.49. The quantitative estimate of drug-likeness (QED) is 0.419. The van der Waals surface area contributed by atoms with E-state index >= 15 is 0 Å². The Morgan fingerprint density at radius 2 is 2.56 bits per heavy atom. The van der Waals surface area contributed by atoms with E-state index in [1.165, 1.54) is 0 Å². The first-order valence-corrected chi connectivity index (χ1v) is 3.01. The number of carbonyl (C=O) groups excluding carboxylic acids is 1. The summed E-state index contributed by atoms with van der Waals surface area (Å²) < 4.78 is 4.49. The van der Waals surface area contributed by atoms with Gasteiger partial charge in [0.25, 0.3) is 0 Å². The lowest BCUT2D eigenvalue weighted by molar-refractivity contribution is -0.121. The van der Waals surface area contributed by atoms with Crippen LogP contribution in [0.3, 0.4) is 0 Å². The summed E-state index contributed by atoms with van der Waals surface area (Å²) in [7, 11) is 0. The zero-order chi connectivity index (χ0) is 6.69. The van der Waals surface area contributed by atoms with Crippen LogP contribution in [0.4, 0.5) is 0 Å². The van der Waals surface area contributed by atoms with E-state index in [2.05, 4.69) is 22.4 Å². The van der Waals surface area contributed by atoms with E-state index in [-0.39, 0.29) is 5.91 Å². The fraction of sp³-hybridized carbons (Fsp3) is 0.400. The molecular weight excluding hydrogens is 138 g/mol. The summed E-state index contributed by atoms with van der Waals surface area (Å²) in [5.41, 5.74) is 0. The standard InChI is InChI=1S/C5H7NO2S/c7-4-2-1-3-5(6-4)8-9/h3,9H,1-2H2,(H,6,7). The van der Waals surface area contributed by atoms with Crippen LogP contribution in [0.2, 0.25) is 0 Å². The van der Waals surface area contributed by atoms with Crippen LogP contribution < -0.4 is 5.32 Å². The average Bonchev–Trinajstić information content (AvgIpc) is 1.88. The monoisotopic (exact) mass is 145 g/mol. The van der Waals surface area contributed by atoms with E-state index in [1.54, 1.807) is 6.08 Å². The number of thiol groups is 1. The van der Waals surface area contributed by atoms with E-state index in [1.807, 2.05) is 0 Å². The van der Waals surface area contributed by atoms with Crippen molar-refractivity contribution in [3.05, 3.63) is 12.0 Å². The van der Waals surface area contributed by atoms with Gasteiger partial charge in [-0.1, -0.05) is 0 Å². The lowest BCUT2D eigenvalue weighted by atomic mass is 10.2. The zero-order valence-electron chi connectivity index (χ0n) is 4.76. The first-order chi connectivity index (χ1) is 4.33. The van der Waals surface area contributed by atoms with Crippen molar-refractivity contribution >= 4 is 18.8 Å². The maximum Gasteiger partial charge on any atom is 0.227 e. The van der Waals surface area contributed by atoms with Gasteiger partial charge in [-0.3, -0.25) is 10.1 Å². The molecule has 1 rings (SSSR count). The summed E-state index contributed by atoms with van der Waals surface area (Å²) in [4.78, 5) is 10.6. The second-order valence-electron chi connectivity index (χ2n) is 1.75. The molecule has 1 aliphatic rings. The van der Waals surface area contributed by atoms with Gasteiger partial charge in [0.05, 0.1) is 0 Å². The molecule has 0 saturated carbocycles. The molecule has 0 aromatic carbocycles. The van der Waals surface area contributed by atoms with Crippen molar-refractivity contribution in [1.82, 2.24) is 5.32 Å². The molecule has 1 aliphatic heterocycles. The molecule has 3 nitrogen and oxygen atoms in total. The van der Waals surface area contributed by atoms with Crippen LogP contribution in [-0.4, -0.2) is 5.91 Å². The summed E-state index contributed by atoms with van der Waals surface area (Å²) >= 11 is 3.52. The minimum atomic E-state index is -0.0125. The second kappa shape index (κ2) is 2.77. The minimum Gasteiger partial charge on any atom is -0.411 e. The van der Waals surface area contributed by atoms with Crippen LogP contribution in [-0.2, 0) is 8.98 Å². The Morgan fingerprint density at radius 3 is 3.00 bits per heavy atom. The van der Waals surface area contributed by atoms with E-state index in [4.69, 9.17) is 0 Å². The molecule has 1 amide bonds. The fourth-order valence-corrected chi connectivity index (χ4v) is 0.766. The van der Waals surface area contributed by atoms with Crippen LogP contribution in [0.5, 0.6) is 0 Å². The van der Waals surface area contributed by atoms with E-state index in [0.29, 0.717) is 12.3 Å². The van der Waals surface area contributed by atoms with Gasteiger partial charge in [-0.05, 0) is 12.5 Å². The smallest absolute Gasteiger partial charge is 0.227 e. The van der Waals surface area contributed by atoms with E-state index in [9.17, 15) is 4.79 Å². The van der Waals surface area contributed by atoms with Gasteiger partial charge in [-0.15, -0.1) is 0 Å². The lowest BCUT2D eigenvalue weighted by Gasteiger charge is -2.10. The summed E-state index contributed by atoms with van der Waals surface area (Å²) in [6.45, 7) is 0. The summed E-state index contributed by atoms with van der Waals surface area (Å²) in [6, 6.07) is 0. The minimum absolute atomic E-state index is 0.0125. The molecule has 0 fully saturated rings. The van der Waals surface area contributed by atoms with Crippen molar-refractivity contribution in [3.8, 4) is 0 Å². The maximum atomic E-state index is 10.6. The molecule has 4 heteroatoms. The highest BCUT2D eigenvalue weighted by molar-refractivity contribution is 7.75. The number of carbonyl (C=O) groups is 1. The number of amides is 1. The second-order valence-corrected chi connectivity index (χ2v) is 1.93. The summed E-state index contributed by atoms with van der Waals surface area (Å²) in [6.07, 6.45) is 3.07. The van der Waals surface area contributed by atoms with Crippen molar-refractivity contribution in [2.45, 2.75) is 12.8 Å². The highest BCUT2D eigenvalue weighted by atomic mass is 32.1. The summed E-state index contributed by atoms with van der Waals surface area (Å²) in [5.74, 6) is 0.427. The fourth-order valence-electron chi connectivity index (χ4n) is 0.645. The maximum absolute atomic E-state index is 10.6. The number of hydrogen-bond acceptors (Lipinski definition) is 3. The molecule has 0 aromatic heterocycles. The molecule has 0 bridgehead atoms. The van der Waals surface area contributed by atoms with E-state index < -0.39 is 0 Å². The molecule has 0 radical (unpaired) electrons. The molecule has 1 heterocycles. The third-order valence-electron chi connectivity index (χ3n) is 1.06. The number of hydrogen-bond donors (Lipinski definition) is 2. The van der Waals surface area contributed by atoms with Crippen LogP contribution >= 0.6 is 12.9 Å². The van der Waals surface area contributed by atoms with Crippen LogP contribution in [0.15, 0.2) is 12.0 Å². The normalized spacial score (nSPS) is 18.3. The highest BCUT2D eigenvalue weighted by Crippen LogP contribution is 2.05. The average molecular weight is 145 g/mol. The predicted octanol–water partition coefficient (Wildman–Crippen LogP) is 0.599. The molecular formula is C5H7NO2S. The van der Waals surface area contributed by atoms with E-state index in [0.717, 1.165) is 6.42 Å². The van der Waals surface area contributed by atoms with Gasteiger partial charge in [0.2, 0.25) is 11.8 Å². The highest BCUT2D eigenvalue weighted by Gasteiger charge is 2.08. The Labute approximate surface area is 58.7 Å². The first kappa shape index (κ1) is 6.48. The molecule has 0 spiro atoms. The Morgan fingerprint density at radius 1 is 1.78 bits per heavy atom. The van der Waals surface area contributed by atoms with Gasteiger partial charge < -0.3 is 4.18 Å². The van der Waals surface area contributed by atoms with Crippen molar-refractivity contribution in [2.75, 3.05) is 0 Å². The Balaban J connectivity index is 2.53. The van der Waals surface area contributed by atoms with Gasteiger partial charge in [-0.25, -0.2) is 0 Å². The topological polar surface area (TPSA) is 38.3 Å². The largest absolute Gasteiger partial charge is 0.411 e. The first-order valence-electron chi connectivity index (χ1n) is 2.64. The van der Waals surface area contributed by atoms with Gasteiger partial charge in [0.1, 0.15) is 0 Å². The molecule has 9 heavy (non-hydrogen) atoms. The molecule has 50 valence electrons.